The molecule has 4 nitrogen and oxygen atoms in total. The molecule has 1 aliphatic rings. The number of rotatable bonds is 5. The van der Waals surface area contributed by atoms with Gasteiger partial charge in [-0.1, -0.05) is 24.3 Å². The van der Waals surface area contributed by atoms with E-state index in [-0.39, 0.29) is 5.91 Å². The minimum Gasteiger partial charge on any atom is -0.493 e. The molecular formula is C19H18N2O2S2. The third kappa shape index (κ3) is 3.91. The largest absolute Gasteiger partial charge is 0.493 e. The van der Waals surface area contributed by atoms with Gasteiger partial charge in [0, 0.05) is 17.8 Å². The van der Waals surface area contributed by atoms with Gasteiger partial charge in [0.15, 0.2) is 0 Å². The summed E-state index contributed by atoms with van der Waals surface area (Å²) in [5.41, 5.74) is 2.05. The van der Waals surface area contributed by atoms with Crippen molar-refractivity contribution in [3.05, 3.63) is 58.4 Å². The fourth-order valence-electron chi connectivity index (χ4n) is 2.91. The zero-order valence-corrected chi connectivity index (χ0v) is 15.2. The van der Waals surface area contributed by atoms with Crippen molar-refractivity contribution in [2.24, 2.45) is 5.92 Å². The minimum absolute atomic E-state index is 0.0156. The number of hydrogen-bond acceptors (Lipinski definition) is 5. The van der Waals surface area contributed by atoms with Gasteiger partial charge in [-0.3, -0.25) is 4.79 Å². The predicted molar refractivity (Wildman–Crippen MR) is 101 cm³/mol. The summed E-state index contributed by atoms with van der Waals surface area (Å²) in [6, 6.07) is 12.2. The van der Waals surface area contributed by atoms with E-state index in [0.29, 0.717) is 25.5 Å². The van der Waals surface area contributed by atoms with Crippen molar-refractivity contribution >= 4 is 28.6 Å². The first kappa shape index (κ1) is 16.3. The number of hydrogen-bond donors (Lipinski definition) is 1. The fourth-order valence-corrected chi connectivity index (χ4v) is 4.54. The van der Waals surface area contributed by atoms with Crippen LogP contribution in [0.1, 0.15) is 11.3 Å². The fraction of sp³-hybridized carbons (Fsp3) is 0.263. The Labute approximate surface area is 154 Å². The average molecular weight is 370 g/mol. The minimum atomic E-state index is 0.0156. The number of thiazole rings is 1. The molecule has 1 amide bonds. The number of carbonyl (C=O) groups is 1. The molecule has 6 heteroatoms. The van der Waals surface area contributed by atoms with E-state index in [9.17, 15) is 4.79 Å². The van der Waals surface area contributed by atoms with E-state index < -0.39 is 0 Å². The number of carbonyl (C=O) groups excluding carboxylic acids is 1. The Morgan fingerprint density at radius 1 is 1.24 bits per heavy atom. The predicted octanol–water partition coefficient (Wildman–Crippen LogP) is 3.78. The number of nitrogens with one attached hydrogen (secondary N) is 1. The van der Waals surface area contributed by atoms with Crippen LogP contribution in [0.3, 0.4) is 0 Å². The van der Waals surface area contributed by atoms with Crippen molar-refractivity contribution < 1.29 is 9.53 Å². The first-order valence-electron chi connectivity index (χ1n) is 8.23. The lowest BCUT2D eigenvalue weighted by atomic mass is 9.97. The van der Waals surface area contributed by atoms with E-state index in [1.807, 2.05) is 41.1 Å². The Balaban J connectivity index is 1.29. The van der Waals surface area contributed by atoms with Crippen molar-refractivity contribution in [2.45, 2.75) is 12.8 Å². The smallest absolute Gasteiger partial charge is 0.226 e. The van der Waals surface area contributed by atoms with Crippen LogP contribution in [0.15, 0.2) is 47.2 Å². The summed E-state index contributed by atoms with van der Waals surface area (Å²) >= 11 is 3.25. The van der Waals surface area contributed by atoms with Crippen LogP contribution in [0.5, 0.6) is 5.75 Å². The second-order valence-corrected chi connectivity index (χ2v) is 7.90. The quantitative estimate of drug-likeness (QED) is 0.744. The molecular weight excluding hydrogens is 352 g/mol. The molecule has 1 atom stereocenters. The Morgan fingerprint density at radius 2 is 2.16 bits per heavy atom. The highest BCUT2D eigenvalue weighted by Gasteiger charge is 2.20. The van der Waals surface area contributed by atoms with Gasteiger partial charge in [-0.05, 0) is 29.5 Å². The standard InChI is InChI=1S/C19H18N2O2S2/c22-18(9-15-12-25-19(21-15)17-6-3-7-24-17)20-10-13-8-14-4-1-2-5-16(14)23-11-13/h1-7,12-13H,8-11H2,(H,20,22). The van der Waals surface area contributed by atoms with Gasteiger partial charge in [0.05, 0.1) is 23.6 Å². The van der Waals surface area contributed by atoms with E-state index >= 15 is 0 Å². The maximum Gasteiger partial charge on any atom is 0.226 e. The molecule has 3 aromatic rings. The first-order chi connectivity index (χ1) is 12.3. The van der Waals surface area contributed by atoms with Gasteiger partial charge < -0.3 is 10.1 Å². The zero-order valence-electron chi connectivity index (χ0n) is 13.6. The number of thiophene rings is 1. The molecule has 0 saturated heterocycles. The number of fused-ring (bicyclic) bond motifs is 1. The van der Waals surface area contributed by atoms with E-state index in [4.69, 9.17) is 4.74 Å². The van der Waals surface area contributed by atoms with Crippen LogP contribution >= 0.6 is 22.7 Å². The van der Waals surface area contributed by atoms with Gasteiger partial charge in [-0.25, -0.2) is 4.98 Å². The highest BCUT2D eigenvalue weighted by molar-refractivity contribution is 7.20. The van der Waals surface area contributed by atoms with Crippen molar-refractivity contribution in [3.8, 4) is 15.6 Å². The second kappa shape index (κ2) is 7.37. The molecule has 0 bridgehead atoms. The normalized spacial score (nSPS) is 16.1. The lowest BCUT2D eigenvalue weighted by Gasteiger charge is -2.25. The average Bonchev–Trinajstić information content (AvgIpc) is 3.31. The van der Waals surface area contributed by atoms with Crippen LogP contribution in [0.4, 0.5) is 0 Å². The molecule has 0 radical (unpaired) electrons. The van der Waals surface area contributed by atoms with Gasteiger partial charge in [-0.15, -0.1) is 22.7 Å². The van der Waals surface area contributed by atoms with Crippen molar-refractivity contribution in [2.75, 3.05) is 13.2 Å². The highest BCUT2D eigenvalue weighted by Crippen LogP contribution is 2.28. The molecule has 25 heavy (non-hydrogen) atoms. The Kier molecular flexibility index (Phi) is 4.81. The Bertz CT molecular complexity index is 858. The summed E-state index contributed by atoms with van der Waals surface area (Å²) in [4.78, 5) is 17.9. The second-order valence-electron chi connectivity index (χ2n) is 6.09. The molecule has 0 saturated carbocycles. The topological polar surface area (TPSA) is 51.2 Å². The molecule has 128 valence electrons. The van der Waals surface area contributed by atoms with Crippen LogP contribution in [-0.4, -0.2) is 24.0 Å². The molecule has 1 aromatic carbocycles. The molecule has 4 rings (SSSR count). The Hall–Kier alpha value is -2.18. The van der Waals surface area contributed by atoms with Crippen molar-refractivity contribution in [1.82, 2.24) is 10.3 Å². The Morgan fingerprint density at radius 3 is 3.04 bits per heavy atom. The van der Waals surface area contributed by atoms with Gasteiger partial charge in [0.1, 0.15) is 10.8 Å². The van der Waals surface area contributed by atoms with Gasteiger partial charge in [0.2, 0.25) is 5.91 Å². The molecule has 1 unspecified atom stereocenters. The number of para-hydroxylation sites is 1. The van der Waals surface area contributed by atoms with Crippen LogP contribution < -0.4 is 10.1 Å². The summed E-state index contributed by atoms with van der Waals surface area (Å²) < 4.78 is 5.77. The van der Waals surface area contributed by atoms with Crippen LogP contribution in [0.25, 0.3) is 9.88 Å². The summed E-state index contributed by atoms with van der Waals surface area (Å²) in [7, 11) is 0. The summed E-state index contributed by atoms with van der Waals surface area (Å²) in [5, 5.41) is 8.01. The highest BCUT2D eigenvalue weighted by atomic mass is 32.1. The molecule has 0 spiro atoms. The van der Waals surface area contributed by atoms with Crippen LogP contribution in [0.2, 0.25) is 0 Å². The van der Waals surface area contributed by atoms with Crippen LogP contribution in [0, 0.1) is 5.92 Å². The SMILES string of the molecule is O=C(Cc1csc(-c2cccs2)n1)NCC1COc2ccccc2C1. The van der Waals surface area contributed by atoms with Gasteiger partial charge in [0.25, 0.3) is 0 Å². The number of nitrogens with zero attached hydrogens (tertiary/aromatic N) is 1. The summed E-state index contributed by atoms with van der Waals surface area (Å²) in [5.74, 6) is 1.30. The first-order valence-corrected chi connectivity index (χ1v) is 9.99. The lowest BCUT2D eigenvalue weighted by Crippen LogP contribution is -2.35. The molecule has 3 heterocycles. The van der Waals surface area contributed by atoms with E-state index in [2.05, 4.69) is 16.4 Å². The summed E-state index contributed by atoms with van der Waals surface area (Å²) in [6.45, 7) is 1.28. The number of ether oxygens (including phenoxy) is 1. The van der Waals surface area contributed by atoms with E-state index in [1.54, 1.807) is 22.7 Å². The van der Waals surface area contributed by atoms with E-state index in [1.165, 1.54) is 5.56 Å². The maximum atomic E-state index is 12.2. The number of aromatic nitrogens is 1. The molecule has 1 N–H and O–H groups in total. The van der Waals surface area contributed by atoms with Crippen molar-refractivity contribution in [3.63, 3.8) is 0 Å². The monoisotopic (exact) mass is 370 g/mol. The zero-order chi connectivity index (χ0) is 17.1. The molecule has 2 aromatic heterocycles. The van der Waals surface area contributed by atoms with Gasteiger partial charge >= 0.3 is 0 Å². The van der Waals surface area contributed by atoms with Gasteiger partial charge in [-0.2, -0.15) is 0 Å². The molecule has 0 fully saturated rings. The molecule has 0 aliphatic carbocycles. The molecule has 1 aliphatic heterocycles. The van der Waals surface area contributed by atoms with E-state index in [0.717, 1.165) is 27.7 Å². The number of benzene rings is 1. The third-order valence-electron chi connectivity index (χ3n) is 4.17. The lowest BCUT2D eigenvalue weighted by molar-refractivity contribution is -0.120. The van der Waals surface area contributed by atoms with Crippen LogP contribution in [-0.2, 0) is 17.6 Å². The summed E-state index contributed by atoms with van der Waals surface area (Å²) in [6.07, 6.45) is 1.27. The number of amides is 1. The van der Waals surface area contributed by atoms with Crippen molar-refractivity contribution in [1.29, 1.82) is 0 Å². The third-order valence-corrected chi connectivity index (χ3v) is 6.10. The maximum absolute atomic E-state index is 12.2.